The van der Waals surface area contributed by atoms with Crippen molar-refractivity contribution >= 4 is 33.2 Å². The molecule has 1 aliphatic rings. The van der Waals surface area contributed by atoms with Crippen LogP contribution in [-0.2, 0) is 21.2 Å². The molecule has 0 fully saturated rings. The number of benzene rings is 3. The van der Waals surface area contributed by atoms with Crippen LogP contribution in [0.5, 0.6) is 5.75 Å². The first-order chi connectivity index (χ1) is 15.3. The van der Waals surface area contributed by atoms with Crippen LogP contribution in [-0.4, -0.2) is 33.5 Å². The number of hydrogen-bond acceptors (Lipinski definition) is 4. The summed E-state index contributed by atoms with van der Waals surface area (Å²) in [6.45, 7) is 0.125. The summed E-state index contributed by atoms with van der Waals surface area (Å²) in [5, 5.41) is 3.19. The molecule has 0 saturated heterocycles. The van der Waals surface area contributed by atoms with Crippen molar-refractivity contribution < 1.29 is 22.3 Å². The monoisotopic (exact) mass is 474 g/mol. The number of anilines is 1. The van der Waals surface area contributed by atoms with Crippen LogP contribution in [0.3, 0.4) is 0 Å². The van der Waals surface area contributed by atoms with Gasteiger partial charge in [-0.2, -0.15) is 0 Å². The number of halogens is 2. The van der Waals surface area contributed by atoms with Crippen molar-refractivity contribution in [1.82, 2.24) is 5.32 Å². The Labute approximate surface area is 190 Å². The fourth-order valence-electron chi connectivity index (χ4n) is 3.40. The van der Waals surface area contributed by atoms with E-state index in [1.165, 1.54) is 40.7 Å². The van der Waals surface area contributed by atoms with Crippen molar-refractivity contribution in [3.63, 3.8) is 0 Å². The lowest BCUT2D eigenvalue weighted by molar-refractivity contribution is -0.127. The molecule has 0 aliphatic carbocycles. The molecule has 0 radical (unpaired) electrons. The smallest absolute Gasteiger partial charge is 0.264 e. The van der Waals surface area contributed by atoms with Gasteiger partial charge in [0.05, 0.1) is 17.1 Å². The van der Waals surface area contributed by atoms with Crippen LogP contribution in [0.2, 0.25) is 5.02 Å². The van der Waals surface area contributed by atoms with Crippen molar-refractivity contribution in [2.45, 2.75) is 17.4 Å². The predicted molar refractivity (Wildman–Crippen MR) is 120 cm³/mol. The quantitative estimate of drug-likeness (QED) is 0.589. The normalized spacial score (nSPS) is 15.6. The Morgan fingerprint density at radius 2 is 1.75 bits per heavy atom. The van der Waals surface area contributed by atoms with Gasteiger partial charge in [0, 0.05) is 11.6 Å². The molecule has 9 heteroatoms. The average molecular weight is 475 g/mol. The molecule has 6 nitrogen and oxygen atoms in total. The third-order valence-electron chi connectivity index (χ3n) is 5.06. The number of carbonyl (C=O) groups excluding carboxylic acids is 1. The Kier molecular flexibility index (Phi) is 6.34. The van der Waals surface area contributed by atoms with Gasteiger partial charge in [-0.25, -0.2) is 12.8 Å². The maximum Gasteiger partial charge on any atom is 0.264 e. The van der Waals surface area contributed by atoms with Gasteiger partial charge in [0.2, 0.25) is 0 Å². The highest BCUT2D eigenvalue weighted by atomic mass is 35.5. The molecule has 0 spiro atoms. The maximum atomic E-state index is 13.3. The first-order valence-corrected chi connectivity index (χ1v) is 11.7. The van der Waals surface area contributed by atoms with Crippen LogP contribution in [0.1, 0.15) is 5.56 Å². The zero-order chi connectivity index (χ0) is 22.7. The number of para-hydroxylation sites is 2. The largest absolute Gasteiger partial charge is 0.476 e. The van der Waals surface area contributed by atoms with Gasteiger partial charge in [-0.05, 0) is 60.5 Å². The standard InChI is InChI=1S/C23H20ClFN2O4S/c24-17-7-11-19(12-8-17)32(29,30)27-15-22(31-21-4-2-1-3-20(21)27)23(28)26-14-13-16-5-9-18(25)10-6-16/h1-12,22H,13-15H2,(H,26,28)/t22-/m1/s1. The van der Waals surface area contributed by atoms with Crippen molar-refractivity contribution in [3.05, 3.63) is 89.2 Å². The summed E-state index contributed by atoms with van der Waals surface area (Å²) in [7, 11) is -3.95. The van der Waals surface area contributed by atoms with E-state index in [-0.39, 0.29) is 17.3 Å². The number of nitrogens with zero attached hydrogens (tertiary/aromatic N) is 1. The average Bonchev–Trinajstić information content (AvgIpc) is 2.79. The van der Waals surface area contributed by atoms with Gasteiger partial charge in [0.15, 0.2) is 6.10 Å². The van der Waals surface area contributed by atoms with E-state index in [1.54, 1.807) is 36.4 Å². The second-order valence-corrected chi connectivity index (χ2v) is 9.53. The van der Waals surface area contributed by atoms with Crippen molar-refractivity contribution in [2.75, 3.05) is 17.4 Å². The molecule has 1 amide bonds. The molecular weight excluding hydrogens is 455 g/mol. The molecule has 1 aliphatic heterocycles. The van der Waals surface area contributed by atoms with Crippen LogP contribution in [0.15, 0.2) is 77.7 Å². The Morgan fingerprint density at radius 1 is 1.06 bits per heavy atom. The van der Waals surface area contributed by atoms with Crippen LogP contribution in [0.25, 0.3) is 0 Å². The zero-order valence-corrected chi connectivity index (χ0v) is 18.4. The van der Waals surface area contributed by atoms with E-state index >= 15 is 0 Å². The van der Waals surface area contributed by atoms with E-state index in [9.17, 15) is 17.6 Å². The zero-order valence-electron chi connectivity index (χ0n) is 16.9. The van der Waals surface area contributed by atoms with E-state index in [0.717, 1.165) is 5.56 Å². The topological polar surface area (TPSA) is 75.7 Å². The lowest BCUT2D eigenvalue weighted by Gasteiger charge is -2.34. The Morgan fingerprint density at radius 3 is 2.47 bits per heavy atom. The Hall–Kier alpha value is -3.10. The summed E-state index contributed by atoms with van der Waals surface area (Å²) in [6, 6.07) is 18.5. The van der Waals surface area contributed by atoms with E-state index in [1.807, 2.05) is 0 Å². The molecule has 0 aromatic heterocycles. The third kappa shape index (κ3) is 4.71. The molecule has 1 heterocycles. The van der Waals surface area contributed by atoms with E-state index < -0.39 is 22.0 Å². The second kappa shape index (κ2) is 9.18. The van der Waals surface area contributed by atoms with Gasteiger partial charge in [0.25, 0.3) is 15.9 Å². The molecule has 166 valence electrons. The highest BCUT2D eigenvalue weighted by molar-refractivity contribution is 7.92. The fraction of sp³-hybridized carbons (Fsp3) is 0.174. The lowest BCUT2D eigenvalue weighted by atomic mass is 10.1. The van der Waals surface area contributed by atoms with Gasteiger partial charge in [0.1, 0.15) is 11.6 Å². The Bertz CT molecular complexity index is 1220. The maximum absolute atomic E-state index is 13.3. The molecular formula is C23H20ClFN2O4S. The van der Waals surface area contributed by atoms with Crippen LogP contribution >= 0.6 is 11.6 Å². The molecule has 4 rings (SSSR count). The summed E-state index contributed by atoms with van der Waals surface area (Å²) < 4.78 is 46.7. The van der Waals surface area contributed by atoms with Crippen LogP contribution in [0, 0.1) is 5.82 Å². The first-order valence-electron chi connectivity index (χ1n) is 9.91. The summed E-state index contributed by atoms with van der Waals surface area (Å²) in [4.78, 5) is 12.8. The number of sulfonamides is 1. The van der Waals surface area contributed by atoms with Crippen molar-refractivity contribution in [1.29, 1.82) is 0 Å². The SMILES string of the molecule is O=C(NCCc1ccc(F)cc1)[C@H]1CN(S(=O)(=O)c2ccc(Cl)cc2)c2ccccc2O1. The number of rotatable bonds is 6. The Balaban J connectivity index is 1.52. The van der Waals surface area contributed by atoms with Crippen LogP contribution in [0.4, 0.5) is 10.1 Å². The second-order valence-electron chi connectivity index (χ2n) is 7.23. The van der Waals surface area contributed by atoms with E-state index in [0.29, 0.717) is 29.4 Å². The third-order valence-corrected chi connectivity index (χ3v) is 7.10. The molecule has 0 bridgehead atoms. The number of ether oxygens (including phenoxy) is 1. The predicted octanol–water partition coefficient (Wildman–Crippen LogP) is 3.79. The lowest BCUT2D eigenvalue weighted by Crippen LogP contribution is -2.51. The highest BCUT2D eigenvalue weighted by Crippen LogP contribution is 2.36. The molecule has 32 heavy (non-hydrogen) atoms. The highest BCUT2D eigenvalue weighted by Gasteiger charge is 2.37. The minimum Gasteiger partial charge on any atom is -0.476 e. The fourth-order valence-corrected chi connectivity index (χ4v) is 5.00. The van der Waals surface area contributed by atoms with Gasteiger partial charge in [-0.3, -0.25) is 9.10 Å². The van der Waals surface area contributed by atoms with Gasteiger partial charge in [-0.15, -0.1) is 0 Å². The first kappa shape index (κ1) is 22.1. The van der Waals surface area contributed by atoms with Crippen molar-refractivity contribution in [3.8, 4) is 5.75 Å². The number of fused-ring (bicyclic) bond motifs is 1. The molecule has 1 atom stereocenters. The van der Waals surface area contributed by atoms with E-state index in [4.69, 9.17) is 16.3 Å². The number of amides is 1. The van der Waals surface area contributed by atoms with Gasteiger partial charge in [-0.1, -0.05) is 35.9 Å². The summed E-state index contributed by atoms with van der Waals surface area (Å²) in [5.74, 6) is -0.457. The molecule has 0 saturated carbocycles. The van der Waals surface area contributed by atoms with Crippen molar-refractivity contribution in [2.24, 2.45) is 0 Å². The number of nitrogens with one attached hydrogen (secondary N) is 1. The van der Waals surface area contributed by atoms with Crippen LogP contribution < -0.4 is 14.4 Å². The molecule has 3 aromatic rings. The number of carbonyl (C=O) groups is 1. The molecule has 3 aromatic carbocycles. The summed E-state index contributed by atoms with van der Waals surface area (Å²) in [6.07, 6.45) is -0.526. The minimum atomic E-state index is -3.95. The minimum absolute atomic E-state index is 0.0640. The summed E-state index contributed by atoms with van der Waals surface area (Å²) in [5.41, 5.74) is 1.23. The van der Waals surface area contributed by atoms with Gasteiger partial charge >= 0.3 is 0 Å². The summed E-state index contributed by atoms with van der Waals surface area (Å²) >= 11 is 5.89. The number of hydrogen-bond donors (Lipinski definition) is 1. The molecule has 0 unspecified atom stereocenters. The van der Waals surface area contributed by atoms with Gasteiger partial charge < -0.3 is 10.1 Å². The van der Waals surface area contributed by atoms with E-state index in [2.05, 4.69) is 5.32 Å². The molecule has 1 N–H and O–H groups in total.